The van der Waals surface area contributed by atoms with Gasteiger partial charge < -0.3 is 14.8 Å². The summed E-state index contributed by atoms with van der Waals surface area (Å²) in [6.45, 7) is 1.54. The molecule has 1 heterocycles. The highest BCUT2D eigenvalue weighted by Gasteiger charge is 2.37. The van der Waals surface area contributed by atoms with Gasteiger partial charge in [-0.25, -0.2) is 14.1 Å². The number of halogens is 1. The Kier molecular flexibility index (Phi) is 7.28. The number of hydrogen-bond donors (Lipinski definition) is 2. The van der Waals surface area contributed by atoms with Gasteiger partial charge in [-0.2, -0.15) is 0 Å². The lowest BCUT2D eigenvalue weighted by molar-refractivity contribution is -0.122. The highest BCUT2D eigenvalue weighted by Crippen LogP contribution is 2.33. The van der Waals surface area contributed by atoms with E-state index in [1.165, 1.54) is 25.3 Å². The fraction of sp³-hybridized carbons (Fsp3) is 0.111. The number of para-hydroxylation sites is 1. The lowest BCUT2D eigenvalue weighted by Crippen LogP contribution is -2.54. The smallest absolute Gasteiger partial charge is 0.335 e. The number of barbiturate groups is 1. The van der Waals surface area contributed by atoms with Crippen molar-refractivity contribution >= 4 is 41.2 Å². The van der Waals surface area contributed by atoms with Gasteiger partial charge in [0.05, 0.1) is 12.8 Å². The van der Waals surface area contributed by atoms with Gasteiger partial charge in [0.2, 0.25) is 0 Å². The number of rotatable bonds is 7. The van der Waals surface area contributed by atoms with Crippen LogP contribution in [0.2, 0.25) is 0 Å². The maximum Gasteiger partial charge on any atom is 0.335 e. The molecule has 0 unspecified atom stereocenters. The molecule has 0 aliphatic carbocycles. The number of nitrogens with zero attached hydrogens (tertiary/aromatic N) is 1. The lowest BCUT2D eigenvalue weighted by atomic mass is 10.1. The molecular formula is C27H22FN3O6. The van der Waals surface area contributed by atoms with Gasteiger partial charge in [-0.05, 0) is 55.5 Å². The summed E-state index contributed by atoms with van der Waals surface area (Å²) >= 11 is 0. The average molecular weight is 503 g/mol. The zero-order chi connectivity index (χ0) is 26.5. The number of urea groups is 1. The van der Waals surface area contributed by atoms with Crippen molar-refractivity contribution in [1.29, 1.82) is 0 Å². The molecule has 1 saturated heterocycles. The molecular weight excluding hydrogens is 481 g/mol. The van der Waals surface area contributed by atoms with E-state index in [2.05, 4.69) is 10.6 Å². The Morgan fingerprint density at radius 3 is 2.41 bits per heavy atom. The van der Waals surface area contributed by atoms with E-state index < -0.39 is 29.6 Å². The molecule has 1 fully saturated rings. The van der Waals surface area contributed by atoms with Crippen LogP contribution >= 0.6 is 0 Å². The number of carbonyl (C=O) groups is 4. The summed E-state index contributed by atoms with van der Waals surface area (Å²) in [6, 6.07) is 15.7. The van der Waals surface area contributed by atoms with Gasteiger partial charge in [-0.1, -0.05) is 29.8 Å². The highest BCUT2D eigenvalue weighted by atomic mass is 19.1. The van der Waals surface area contributed by atoms with Crippen LogP contribution in [0.3, 0.4) is 0 Å². The third-order valence-electron chi connectivity index (χ3n) is 5.40. The largest absolute Gasteiger partial charge is 0.493 e. The number of carbonyl (C=O) groups excluding carboxylic acids is 4. The second kappa shape index (κ2) is 10.7. The van der Waals surface area contributed by atoms with E-state index in [0.717, 1.165) is 22.6 Å². The van der Waals surface area contributed by atoms with Crippen LogP contribution in [0.15, 0.2) is 72.3 Å². The number of methoxy groups -OCH3 is 1. The van der Waals surface area contributed by atoms with E-state index in [1.807, 2.05) is 19.1 Å². The normalized spacial score (nSPS) is 14.4. The Labute approximate surface area is 211 Å². The minimum Gasteiger partial charge on any atom is -0.493 e. The summed E-state index contributed by atoms with van der Waals surface area (Å²) < 4.78 is 24.4. The summed E-state index contributed by atoms with van der Waals surface area (Å²) in [6.07, 6.45) is 1.23. The molecule has 3 aromatic carbocycles. The lowest BCUT2D eigenvalue weighted by Gasteiger charge is -2.26. The Morgan fingerprint density at radius 2 is 1.73 bits per heavy atom. The third-order valence-corrected chi connectivity index (χ3v) is 5.40. The van der Waals surface area contributed by atoms with Crippen LogP contribution in [-0.4, -0.2) is 37.5 Å². The highest BCUT2D eigenvalue weighted by molar-refractivity contribution is 6.39. The predicted octanol–water partition coefficient (Wildman–Crippen LogP) is 3.83. The van der Waals surface area contributed by atoms with Crippen molar-refractivity contribution in [1.82, 2.24) is 5.32 Å². The van der Waals surface area contributed by atoms with Crippen molar-refractivity contribution in [2.45, 2.75) is 6.92 Å². The first-order valence-electron chi connectivity index (χ1n) is 11.1. The molecule has 1 aliphatic heterocycles. The van der Waals surface area contributed by atoms with E-state index in [9.17, 15) is 23.6 Å². The van der Waals surface area contributed by atoms with Crippen LogP contribution in [0.4, 0.5) is 20.6 Å². The molecule has 0 radical (unpaired) electrons. The van der Waals surface area contributed by atoms with Crippen LogP contribution < -0.4 is 25.0 Å². The van der Waals surface area contributed by atoms with Gasteiger partial charge in [0.25, 0.3) is 17.7 Å². The van der Waals surface area contributed by atoms with Crippen LogP contribution in [0, 0.1) is 12.7 Å². The standard InChI is InChI=1S/C27H22FN3O6/c1-16-6-10-19(11-7-16)29-23(32)15-37-24-17(4-3-5-22(24)36-2)14-21-25(33)30-27(35)31(26(21)34)20-12-8-18(28)9-13-20/h3-14H,15H2,1-2H3,(H,29,32)(H,30,33,35)/b21-14+. The number of aryl methyl sites for hydroxylation is 1. The third kappa shape index (κ3) is 5.64. The number of anilines is 2. The van der Waals surface area contributed by atoms with Crippen molar-refractivity contribution in [2.75, 3.05) is 23.9 Å². The van der Waals surface area contributed by atoms with Gasteiger partial charge in [-0.3, -0.25) is 19.7 Å². The summed E-state index contributed by atoms with van der Waals surface area (Å²) in [5.41, 5.74) is 1.61. The van der Waals surface area contributed by atoms with Crippen molar-refractivity contribution in [3.63, 3.8) is 0 Å². The molecule has 1 aliphatic rings. The van der Waals surface area contributed by atoms with Crippen molar-refractivity contribution in [2.24, 2.45) is 0 Å². The zero-order valence-corrected chi connectivity index (χ0v) is 19.9. The first-order chi connectivity index (χ1) is 17.8. The van der Waals surface area contributed by atoms with Crippen LogP contribution in [-0.2, 0) is 14.4 Å². The molecule has 3 aromatic rings. The monoisotopic (exact) mass is 503 g/mol. The van der Waals surface area contributed by atoms with Gasteiger partial charge in [0, 0.05) is 11.3 Å². The molecule has 2 N–H and O–H groups in total. The first kappa shape index (κ1) is 25.1. The van der Waals surface area contributed by atoms with E-state index >= 15 is 0 Å². The number of hydrogen-bond acceptors (Lipinski definition) is 6. The van der Waals surface area contributed by atoms with Gasteiger partial charge in [0.1, 0.15) is 11.4 Å². The second-order valence-corrected chi connectivity index (χ2v) is 8.02. The topological polar surface area (TPSA) is 114 Å². The predicted molar refractivity (Wildman–Crippen MR) is 134 cm³/mol. The molecule has 4 rings (SSSR count). The van der Waals surface area contributed by atoms with E-state index in [1.54, 1.807) is 30.3 Å². The molecule has 5 amide bonds. The van der Waals surface area contributed by atoms with E-state index in [4.69, 9.17) is 9.47 Å². The number of ether oxygens (including phenoxy) is 2. The molecule has 9 nitrogen and oxygen atoms in total. The molecule has 0 aromatic heterocycles. The van der Waals surface area contributed by atoms with E-state index in [-0.39, 0.29) is 34.9 Å². The van der Waals surface area contributed by atoms with Crippen LogP contribution in [0.25, 0.3) is 6.08 Å². The number of imide groups is 2. The second-order valence-electron chi connectivity index (χ2n) is 8.02. The van der Waals surface area contributed by atoms with Crippen LogP contribution in [0.1, 0.15) is 11.1 Å². The zero-order valence-electron chi connectivity index (χ0n) is 19.9. The van der Waals surface area contributed by atoms with Crippen LogP contribution in [0.5, 0.6) is 11.5 Å². The Balaban J connectivity index is 1.61. The van der Waals surface area contributed by atoms with Crippen molar-refractivity contribution in [3.8, 4) is 11.5 Å². The Hall–Kier alpha value is -4.99. The number of nitrogens with one attached hydrogen (secondary N) is 2. The fourth-order valence-corrected chi connectivity index (χ4v) is 3.57. The summed E-state index contributed by atoms with van der Waals surface area (Å²) in [4.78, 5) is 51.3. The summed E-state index contributed by atoms with van der Waals surface area (Å²) in [5, 5.41) is 4.82. The maximum atomic E-state index is 13.3. The average Bonchev–Trinajstić information content (AvgIpc) is 2.87. The minimum atomic E-state index is -0.964. The quantitative estimate of drug-likeness (QED) is 0.374. The number of amides is 5. The van der Waals surface area contributed by atoms with Crippen molar-refractivity contribution < 1.29 is 33.0 Å². The SMILES string of the molecule is COc1cccc(/C=C2\C(=O)NC(=O)N(c3ccc(F)cc3)C2=O)c1OCC(=O)Nc1ccc(C)cc1. The van der Waals surface area contributed by atoms with Gasteiger partial charge >= 0.3 is 6.03 Å². The Bertz CT molecular complexity index is 1400. The van der Waals surface area contributed by atoms with Crippen molar-refractivity contribution in [3.05, 3.63) is 89.2 Å². The summed E-state index contributed by atoms with van der Waals surface area (Å²) in [7, 11) is 1.40. The molecule has 0 atom stereocenters. The Morgan fingerprint density at radius 1 is 1.03 bits per heavy atom. The molecule has 37 heavy (non-hydrogen) atoms. The molecule has 0 bridgehead atoms. The van der Waals surface area contributed by atoms with Gasteiger partial charge in [-0.15, -0.1) is 0 Å². The fourth-order valence-electron chi connectivity index (χ4n) is 3.57. The molecule has 0 saturated carbocycles. The maximum absolute atomic E-state index is 13.3. The number of benzene rings is 3. The molecule has 0 spiro atoms. The van der Waals surface area contributed by atoms with E-state index in [0.29, 0.717) is 5.69 Å². The van der Waals surface area contributed by atoms with Gasteiger partial charge in [0.15, 0.2) is 18.1 Å². The minimum absolute atomic E-state index is 0.0807. The first-order valence-corrected chi connectivity index (χ1v) is 11.1. The molecule has 188 valence electrons. The molecule has 10 heteroatoms. The summed E-state index contributed by atoms with van der Waals surface area (Å²) in [5.74, 6) is -2.45.